The van der Waals surface area contributed by atoms with Crippen molar-refractivity contribution in [3.63, 3.8) is 0 Å². The van der Waals surface area contributed by atoms with Crippen molar-refractivity contribution >= 4 is 28.8 Å². The highest BCUT2D eigenvalue weighted by Gasteiger charge is 2.35. The van der Waals surface area contributed by atoms with Gasteiger partial charge >= 0.3 is 0 Å². The molecule has 140 valence electrons. The van der Waals surface area contributed by atoms with Crippen LogP contribution in [0.1, 0.15) is 45.8 Å². The van der Waals surface area contributed by atoms with E-state index in [1.54, 1.807) is 23.5 Å². The van der Waals surface area contributed by atoms with Gasteiger partial charge < -0.3 is 9.32 Å². The van der Waals surface area contributed by atoms with Gasteiger partial charge in [-0.3, -0.25) is 4.79 Å². The average Bonchev–Trinajstić information content (AvgIpc) is 3.28. The molecule has 1 aromatic carbocycles. The lowest BCUT2D eigenvalue weighted by Crippen LogP contribution is -2.32. The van der Waals surface area contributed by atoms with Crippen molar-refractivity contribution in [1.82, 2.24) is 15.1 Å². The monoisotopic (exact) mass is 401 g/mol. The van der Waals surface area contributed by atoms with Crippen LogP contribution in [0.4, 0.5) is 0 Å². The van der Waals surface area contributed by atoms with Gasteiger partial charge in [0.2, 0.25) is 11.8 Å². The SMILES string of the molecule is CCc1sc(C(=O)N(Cc2nnc(-c3ccc(Cl)cc3)o2)C2CC2)cc1C. The molecule has 1 aliphatic rings. The van der Waals surface area contributed by atoms with Crippen molar-refractivity contribution in [2.24, 2.45) is 0 Å². The predicted molar refractivity (Wildman–Crippen MR) is 106 cm³/mol. The van der Waals surface area contributed by atoms with Gasteiger partial charge in [0.05, 0.1) is 11.4 Å². The fourth-order valence-corrected chi connectivity index (χ4v) is 4.24. The normalized spacial score (nSPS) is 13.7. The van der Waals surface area contributed by atoms with E-state index in [2.05, 4.69) is 24.0 Å². The molecule has 27 heavy (non-hydrogen) atoms. The summed E-state index contributed by atoms with van der Waals surface area (Å²) in [4.78, 5) is 17.0. The van der Waals surface area contributed by atoms with Crippen LogP contribution in [0.2, 0.25) is 5.02 Å². The minimum absolute atomic E-state index is 0.0524. The van der Waals surface area contributed by atoms with Gasteiger partial charge in [-0.25, -0.2) is 0 Å². The van der Waals surface area contributed by atoms with E-state index in [0.29, 0.717) is 23.3 Å². The number of rotatable bonds is 6. The number of benzene rings is 1. The molecule has 3 aromatic rings. The molecule has 0 bridgehead atoms. The van der Waals surface area contributed by atoms with Crippen molar-refractivity contribution in [3.8, 4) is 11.5 Å². The molecule has 0 aliphatic heterocycles. The molecule has 5 nitrogen and oxygen atoms in total. The Morgan fingerprint density at radius 3 is 2.67 bits per heavy atom. The van der Waals surface area contributed by atoms with Crippen molar-refractivity contribution in [2.45, 2.75) is 45.7 Å². The first-order valence-corrected chi connectivity index (χ1v) is 10.2. The highest BCUT2D eigenvalue weighted by atomic mass is 35.5. The first-order valence-electron chi connectivity index (χ1n) is 9.03. The van der Waals surface area contributed by atoms with Gasteiger partial charge in [0.25, 0.3) is 5.91 Å². The molecule has 7 heteroatoms. The predicted octanol–water partition coefficient (Wildman–Crippen LogP) is 5.13. The third kappa shape index (κ3) is 3.92. The lowest BCUT2D eigenvalue weighted by atomic mass is 10.2. The van der Waals surface area contributed by atoms with Crippen molar-refractivity contribution in [1.29, 1.82) is 0 Å². The van der Waals surface area contributed by atoms with Crippen LogP contribution in [-0.2, 0) is 13.0 Å². The van der Waals surface area contributed by atoms with E-state index in [4.69, 9.17) is 16.0 Å². The van der Waals surface area contributed by atoms with Gasteiger partial charge in [0.1, 0.15) is 0 Å². The second-order valence-corrected chi connectivity index (χ2v) is 8.32. The number of aryl methyl sites for hydroxylation is 2. The van der Waals surface area contributed by atoms with E-state index in [-0.39, 0.29) is 11.9 Å². The van der Waals surface area contributed by atoms with E-state index < -0.39 is 0 Å². The third-order valence-corrected chi connectivity index (χ3v) is 6.29. The zero-order valence-electron chi connectivity index (χ0n) is 15.2. The van der Waals surface area contributed by atoms with Crippen LogP contribution in [-0.4, -0.2) is 27.0 Å². The minimum atomic E-state index is 0.0524. The van der Waals surface area contributed by atoms with Gasteiger partial charge in [-0.2, -0.15) is 0 Å². The molecule has 1 amide bonds. The van der Waals surface area contributed by atoms with E-state index in [0.717, 1.165) is 29.7 Å². The second-order valence-electron chi connectivity index (χ2n) is 6.74. The molecular formula is C20H20ClN3O2S. The van der Waals surface area contributed by atoms with Crippen LogP contribution < -0.4 is 0 Å². The van der Waals surface area contributed by atoms with Crippen molar-refractivity contribution in [2.75, 3.05) is 0 Å². The van der Waals surface area contributed by atoms with Crippen molar-refractivity contribution in [3.05, 3.63) is 56.6 Å². The van der Waals surface area contributed by atoms with Crippen LogP contribution in [0.15, 0.2) is 34.7 Å². The maximum Gasteiger partial charge on any atom is 0.264 e. The number of carbonyl (C=O) groups excluding carboxylic acids is 1. The largest absolute Gasteiger partial charge is 0.419 e. The summed E-state index contributed by atoms with van der Waals surface area (Å²) in [5, 5.41) is 8.91. The quantitative estimate of drug-likeness (QED) is 0.574. The number of hydrogen-bond donors (Lipinski definition) is 0. The van der Waals surface area contributed by atoms with Gasteiger partial charge in [-0.05, 0) is 62.1 Å². The van der Waals surface area contributed by atoms with Crippen LogP contribution in [0.3, 0.4) is 0 Å². The van der Waals surface area contributed by atoms with Crippen LogP contribution in [0.5, 0.6) is 0 Å². The molecular weight excluding hydrogens is 382 g/mol. The maximum absolute atomic E-state index is 13.1. The third-order valence-electron chi connectivity index (χ3n) is 4.66. The van der Waals surface area contributed by atoms with Gasteiger partial charge in [-0.1, -0.05) is 18.5 Å². The number of amides is 1. The molecule has 4 rings (SSSR count). The Bertz CT molecular complexity index is 960. The number of carbonyl (C=O) groups is 1. The summed E-state index contributed by atoms with van der Waals surface area (Å²) in [7, 11) is 0. The number of halogens is 1. The Balaban J connectivity index is 1.53. The molecule has 0 N–H and O–H groups in total. The Morgan fingerprint density at radius 1 is 1.30 bits per heavy atom. The highest BCUT2D eigenvalue weighted by Crippen LogP contribution is 2.32. The molecule has 0 atom stereocenters. The summed E-state index contributed by atoms with van der Waals surface area (Å²) in [5.41, 5.74) is 1.99. The first kappa shape index (κ1) is 18.2. The first-order chi connectivity index (χ1) is 13.0. The summed E-state index contributed by atoms with van der Waals surface area (Å²) in [6, 6.07) is 9.50. The van der Waals surface area contributed by atoms with E-state index in [1.807, 2.05) is 23.1 Å². The summed E-state index contributed by atoms with van der Waals surface area (Å²) in [6.07, 6.45) is 2.99. The molecule has 1 aliphatic carbocycles. The summed E-state index contributed by atoms with van der Waals surface area (Å²) in [5.74, 6) is 0.936. The molecule has 0 saturated heterocycles. The van der Waals surface area contributed by atoms with E-state index in [1.165, 1.54) is 10.4 Å². The Kier molecular flexibility index (Phi) is 5.02. The zero-order valence-corrected chi connectivity index (χ0v) is 16.8. The van der Waals surface area contributed by atoms with Crippen LogP contribution in [0.25, 0.3) is 11.5 Å². The average molecular weight is 402 g/mol. The van der Waals surface area contributed by atoms with E-state index in [9.17, 15) is 4.79 Å². The highest BCUT2D eigenvalue weighted by molar-refractivity contribution is 7.14. The fourth-order valence-electron chi connectivity index (χ4n) is 3.04. The van der Waals surface area contributed by atoms with Crippen molar-refractivity contribution < 1.29 is 9.21 Å². The standard InChI is InChI=1S/C20H20ClN3O2S/c1-3-16-12(2)10-17(27-16)20(25)24(15-8-9-15)11-18-22-23-19(26-18)13-4-6-14(21)7-5-13/h4-7,10,15H,3,8-9,11H2,1-2H3. The van der Waals surface area contributed by atoms with Crippen LogP contribution in [0, 0.1) is 6.92 Å². The summed E-state index contributed by atoms with van der Waals surface area (Å²) < 4.78 is 5.80. The number of aromatic nitrogens is 2. The maximum atomic E-state index is 13.1. The Morgan fingerprint density at radius 2 is 2.04 bits per heavy atom. The topological polar surface area (TPSA) is 59.2 Å². The van der Waals surface area contributed by atoms with Gasteiger partial charge in [-0.15, -0.1) is 21.5 Å². The Labute approximate surface area is 167 Å². The lowest BCUT2D eigenvalue weighted by molar-refractivity contribution is 0.0719. The number of nitrogens with zero attached hydrogens (tertiary/aromatic N) is 3. The fraction of sp³-hybridized carbons (Fsp3) is 0.350. The molecule has 1 fully saturated rings. The lowest BCUT2D eigenvalue weighted by Gasteiger charge is -2.19. The Hall–Kier alpha value is -2.18. The second kappa shape index (κ2) is 7.44. The van der Waals surface area contributed by atoms with E-state index >= 15 is 0 Å². The molecule has 0 radical (unpaired) electrons. The van der Waals surface area contributed by atoms with Gasteiger partial charge in [0.15, 0.2) is 0 Å². The zero-order chi connectivity index (χ0) is 19.0. The molecule has 0 spiro atoms. The molecule has 0 unspecified atom stereocenters. The summed E-state index contributed by atoms with van der Waals surface area (Å²) in [6.45, 7) is 4.51. The van der Waals surface area contributed by atoms with Crippen LogP contribution >= 0.6 is 22.9 Å². The molecule has 2 heterocycles. The number of hydrogen-bond acceptors (Lipinski definition) is 5. The minimum Gasteiger partial charge on any atom is -0.419 e. The smallest absolute Gasteiger partial charge is 0.264 e. The summed E-state index contributed by atoms with van der Waals surface area (Å²) >= 11 is 7.51. The molecule has 2 aromatic heterocycles. The van der Waals surface area contributed by atoms with Gasteiger partial charge in [0, 0.05) is 21.5 Å². The number of thiophene rings is 1. The molecule has 1 saturated carbocycles.